The lowest BCUT2D eigenvalue weighted by Gasteiger charge is -2.23. The molecule has 4 rings (SSSR count). The normalized spacial score (nSPS) is 15.7. The Morgan fingerprint density at radius 2 is 2.00 bits per heavy atom. The van der Waals surface area contributed by atoms with Crippen molar-refractivity contribution < 1.29 is 13.6 Å². The van der Waals surface area contributed by atoms with Crippen molar-refractivity contribution in [3.63, 3.8) is 0 Å². The maximum absolute atomic E-state index is 14.3. The highest BCUT2D eigenvalue weighted by molar-refractivity contribution is 6.05. The first-order chi connectivity index (χ1) is 18.7. The van der Waals surface area contributed by atoms with Gasteiger partial charge < -0.3 is 16.0 Å². The molecule has 0 spiro atoms. The number of nitrogens with two attached hydrogens (primary N) is 1. The third-order valence-corrected chi connectivity index (χ3v) is 6.30. The number of hydrogen-bond acceptors (Lipinski definition) is 7. The van der Waals surface area contributed by atoms with Gasteiger partial charge in [-0.05, 0) is 67.6 Å². The van der Waals surface area contributed by atoms with E-state index in [1.54, 1.807) is 25.1 Å². The average Bonchev–Trinajstić information content (AvgIpc) is 3.36. The standard InChI is InChI=1S/C28H25F2N7O2/c1-17(19(15-31)10-12-33-2)18-6-7-23(25(14-18)36-13-11-20(32)16-36)34-28(39)24-8-9-26(38)37(35-24)27-21(29)4-3-5-22(27)30/h3-10,12,14,20H,2,11,13,16,32H2,1H3,(H,34,39)/b12-10-,19-17-/t20-/m0/s1. The van der Waals surface area contributed by atoms with E-state index in [0.717, 1.165) is 36.2 Å². The monoisotopic (exact) mass is 529 g/mol. The Bertz CT molecular complexity index is 1580. The van der Waals surface area contributed by atoms with Gasteiger partial charge in [-0.1, -0.05) is 12.1 Å². The first-order valence-electron chi connectivity index (χ1n) is 12.0. The first-order valence-corrected chi connectivity index (χ1v) is 12.0. The number of carbonyl (C=O) groups excluding carboxylic acids is 1. The molecule has 2 aromatic carbocycles. The van der Waals surface area contributed by atoms with Crippen LogP contribution in [0.3, 0.4) is 0 Å². The molecule has 11 heteroatoms. The molecule has 1 saturated heterocycles. The molecule has 39 heavy (non-hydrogen) atoms. The number of nitriles is 1. The maximum Gasteiger partial charge on any atom is 0.276 e. The van der Waals surface area contributed by atoms with E-state index in [-0.39, 0.29) is 11.7 Å². The van der Waals surface area contributed by atoms with Crippen molar-refractivity contribution in [2.75, 3.05) is 23.3 Å². The fourth-order valence-corrected chi connectivity index (χ4v) is 4.24. The van der Waals surface area contributed by atoms with Crippen LogP contribution in [0.25, 0.3) is 11.3 Å². The van der Waals surface area contributed by atoms with Crippen LogP contribution in [-0.4, -0.2) is 41.5 Å². The molecular weight excluding hydrogens is 504 g/mol. The van der Waals surface area contributed by atoms with Crippen molar-refractivity contribution in [1.29, 1.82) is 5.26 Å². The number of hydrogen-bond donors (Lipinski definition) is 2. The predicted octanol–water partition coefficient (Wildman–Crippen LogP) is 3.81. The molecule has 2 heterocycles. The summed E-state index contributed by atoms with van der Waals surface area (Å²) >= 11 is 0. The zero-order valence-electron chi connectivity index (χ0n) is 21.1. The second kappa shape index (κ2) is 11.6. The lowest BCUT2D eigenvalue weighted by molar-refractivity contribution is 0.102. The molecule has 1 aliphatic heterocycles. The lowest BCUT2D eigenvalue weighted by atomic mass is 10.0. The number of anilines is 2. The van der Waals surface area contributed by atoms with Crippen LogP contribution in [0.1, 0.15) is 29.4 Å². The number of halogens is 2. The van der Waals surface area contributed by atoms with Crippen LogP contribution in [0.5, 0.6) is 0 Å². The molecule has 0 bridgehead atoms. The van der Waals surface area contributed by atoms with E-state index < -0.39 is 28.8 Å². The molecule has 0 unspecified atom stereocenters. The molecule has 0 saturated carbocycles. The minimum atomic E-state index is -0.996. The van der Waals surface area contributed by atoms with E-state index in [2.05, 4.69) is 28.2 Å². The third-order valence-electron chi connectivity index (χ3n) is 6.30. The van der Waals surface area contributed by atoms with Crippen molar-refractivity contribution in [2.24, 2.45) is 10.7 Å². The molecule has 1 aromatic heterocycles. The molecule has 198 valence electrons. The van der Waals surface area contributed by atoms with Crippen LogP contribution in [0.4, 0.5) is 20.2 Å². The molecule has 3 N–H and O–H groups in total. The Balaban J connectivity index is 1.73. The van der Waals surface area contributed by atoms with Gasteiger partial charge in [-0.2, -0.15) is 15.0 Å². The summed E-state index contributed by atoms with van der Waals surface area (Å²) in [5.41, 5.74) is 7.37. The van der Waals surface area contributed by atoms with Crippen LogP contribution in [0.2, 0.25) is 0 Å². The molecule has 1 atom stereocenters. The SMILES string of the molecule is C=N/C=C\C(C#N)=C(/C)c1ccc(NC(=O)c2ccc(=O)n(-c3c(F)cccc3F)n2)c(N2CC[C@H](N)C2)c1. The van der Waals surface area contributed by atoms with Crippen molar-refractivity contribution in [3.05, 3.63) is 99.6 Å². The number of allylic oxidation sites excluding steroid dienone is 3. The summed E-state index contributed by atoms with van der Waals surface area (Å²) in [5, 5.41) is 16.3. The smallest absolute Gasteiger partial charge is 0.276 e. The quantitative estimate of drug-likeness (QED) is 0.272. The van der Waals surface area contributed by atoms with Crippen LogP contribution >= 0.6 is 0 Å². The summed E-state index contributed by atoms with van der Waals surface area (Å²) in [7, 11) is 0. The van der Waals surface area contributed by atoms with Gasteiger partial charge in [-0.25, -0.2) is 8.78 Å². The molecule has 1 fully saturated rings. The van der Waals surface area contributed by atoms with Gasteiger partial charge in [-0.15, -0.1) is 0 Å². The summed E-state index contributed by atoms with van der Waals surface area (Å²) in [5.74, 6) is -2.68. The van der Waals surface area contributed by atoms with Gasteiger partial charge >= 0.3 is 0 Å². The number of nitrogens with zero attached hydrogens (tertiary/aromatic N) is 5. The summed E-state index contributed by atoms with van der Waals surface area (Å²) < 4.78 is 29.1. The van der Waals surface area contributed by atoms with Crippen molar-refractivity contribution in [1.82, 2.24) is 9.78 Å². The van der Waals surface area contributed by atoms with Crippen LogP contribution in [-0.2, 0) is 0 Å². The van der Waals surface area contributed by atoms with Gasteiger partial charge in [-0.3, -0.25) is 14.6 Å². The number of benzene rings is 2. The Kier molecular flexibility index (Phi) is 8.07. The number of nitrogens with one attached hydrogen (secondary N) is 1. The Morgan fingerprint density at radius 3 is 2.64 bits per heavy atom. The van der Waals surface area contributed by atoms with E-state index in [1.807, 2.05) is 11.0 Å². The van der Waals surface area contributed by atoms with Gasteiger partial charge in [0.05, 0.1) is 23.0 Å². The number of aromatic nitrogens is 2. The molecule has 3 aromatic rings. The minimum Gasteiger partial charge on any atom is -0.368 e. The molecule has 9 nitrogen and oxygen atoms in total. The number of rotatable bonds is 7. The predicted molar refractivity (Wildman–Crippen MR) is 146 cm³/mol. The van der Waals surface area contributed by atoms with Crippen LogP contribution in [0, 0.1) is 23.0 Å². The summed E-state index contributed by atoms with van der Waals surface area (Å²) in [4.78, 5) is 31.2. The topological polar surface area (TPSA) is 129 Å². The Morgan fingerprint density at radius 1 is 1.26 bits per heavy atom. The fourth-order valence-electron chi connectivity index (χ4n) is 4.24. The zero-order chi connectivity index (χ0) is 28.1. The number of aliphatic imine (C=N–C) groups is 1. The van der Waals surface area contributed by atoms with E-state index in [9.17, 15) is 23.6 Å². The number of para-hydroxylation sites is 1. The average molecular weight is 530 g/mol. The lowest BCUT2D eigenvalue weighted by Crippen LogP contribution is -2.28. The maximum atomic E-state index is 14.3. The van der Waals surface area contributed by atoms with Crippen LogP contribution in [0.15, 0.2) is 76.2 Å². The second-order valence-corrected chi connectivity index (χ2v) is 8.87. The Hall–Kier alpha value is -4.95. The molecule has 0 radical (unpaired) electrons. The van der Waals surface area contributed by atoms with Gasteiger partial charge in [0.15, 0.2) is 11.6 Å². The molecular formula is C28H25F2N7O2. The van der Waals surface area contributed by atoms with E-state index >= 15 is 0 Å². The minimum absolute atomic E-state index is 0.0500. The van der Waals surface area contributed by atoms with E-state index in [1.165, 1.54) is 12.3 Å². The summed E-state index contributed by atoms with van der Waals surface area (Å²) in [6.07, 6.45) is 3.74. The molecule has 0 aliphatic carbocycles. The fraction of sp³-hybridized carbons (Fsp3) is 0.179. The summed E-state index contributed by atoms with van der Waals surface area (Å²) in [6.45, 7) is 6.39. The highest BCUT2D eigenvalue weighted by atomic mass is 19.1. The second-order valence-electron chi connectivity index (χ2n) is 8.87. The van der Waals surface area contributed by atoms with Crippen LogP contribution < -0.4 is 21.5 Å². The Labute approximate surface area is 223 Å². The third kappa shape index (κ3) is 5.81. The van der Waals surface area contributed by atoms with E-state index in [0.29, 0.717) is 40.3 Å². The van der Waals surface area contributed by atoms with Crippen molar-refractivity contribution in [3.8, 4) is 11.8 Å². The highest BCUT2D eigenvalue weighted by Gasteiger charge is 2.24. The number of carbonyl (C=O) groups is 1. The van der Waals surface area contributed by atoms with E-state index in [4.69, 9.17) is 5.73 Å². The van der Waals surface area contributed by atoms with Crippen molar-refractivity contribution in [2.45, 2.75) is 19.4 Å². The van der Waals surface area contributed by atoms with Crippen molar-refractivity contribution >= 4 is 29.6 Å². The van der Waals surface area contributed by atoms with Gasteiger partial charge in [0, 0.05) is 31.4 Å². The largest absolute Gasteiger partial charge is 0.368 e. The molecule has 1 amide bonds. The van der Waals surface area contributed by atoms with Gasteiger partial charge in [0.2, 0.25) is 0 Å². The van der Waals surface area contributed by atoms with Gasteiger partial charge in [0.25, 0.3) is 11.5 Å². The molecule has 1 aliphatic rings. The first kappa shape index (κ1) is 27.1. The zero-order valence-corrected chi connectivity index (χ0v) is 21.1. The highest BCUT2D eigenvalue weighted by Crippen LogP contribution is 2.33. The van der Waals surface area contributed by atoms with Gasteiger partial charge in [0.1, 0.15) is 11.4 Å². The summed E-state index contributed by atoms with van der Waals surface area (Å²) in [6, 6.07) is 12.7. The number of amides is 1.